The molecule has 1 N–H and O–H groups in total. The van der Waals surface area contributed by atoms with Crippen LogP contribution in [0.1, 0.15) is 39.0 Å². The van der Waals surface area contributed by atoms with Crippen LogP contribution in [0.2, 0.25) is 0 Å². The minimum Gasteiger partial charge on any atom is -0.386 e. The smallest absolute Gasteiger partial charge is 0.0797 e. The molecule has 0 aliphatic heterocycles. The van der Waals surface area contributed by atoms with E-state index in [0.717, 1.165) is 18.8 Å². The molecule has 1 nitrogen and oxygen atoms in total. The molecule has 1 aliphatic rings. The zero-order valence-corrected chi connectivity index (χ0v) is 8.50. The van der Waals surface area contributed by atoms with E-state index in [0.29, 0.717) is 0 Å². The molecule has 0 amide bonds. The molecule has 0 aromatic heterocycles. The molecule has 0 fully saturated rings. The molecule has 2 unspecified atom stereocenters. The van der Waals surface area contributed by atoms with Gasteiger partial charge in [-0.25, -0.2) is 0 Å². The molecule has 1 aliphatic carbocycles. The van der Waals surface area contributed by atoms with Crippen LogP contribution >= 0.6 is 0 Å². The fourth-order valence-electron chi connectivity index (χ4n) is 1.72. The first-order valence-corrected chi connectivity index (χ1v) is 5.15. The van der Waals surface area contributed by atoms with E-state index in [4.69, 9.17) is 0 Å². The van der Waals surface area contributed by atoms with Gasteiger partial charge in [-0.1, -0.05) is 18.2 Å². The highest BCUT2D eigenvalue weighted by Gasteiger charge is 2.18. The topological polar surface area (TPSA) is 20.2 Å². The predicted octanol–water partition coefficient (Wildman–Crippen LogP) is 3.06. The quantitative estimate of drug-likeness (QED) is 0.659. The van der Waals surface area contributed by atoms with E-state index >= 15 is 0 Å². The molecule has 1 heteroatoms. The molecule has 0 bridgehead atoms. The second-order valence-electron chi connectivity index (χ2n) is 4.25. The van der Waals surface area contributed by atoms with Crippen LogP contribution in [0, 0.1) is 5.92 Å². The van der Waals surface area contributed by atoms with E-state index in [9.17, 15) is 5.11 Å². The van der Waals surface area contributed by atoms with Crippen molar-refractivity contribution >= 4 is 0 Å². The first-order chi connectivity index (χ1) is 6.14. The van der Waals surface area contributed by atoms with Gasteiger partial charge in [0.2, 0.25) is 0 Å². The van der Waals surface area contributed by atoms with Crippen molar-refractivity contribution in [1.29, 1.82) is 0 Å². The van der Waals surface area contributed by atoms with Crippen molar-refractivity contribution in [2.45, 2.75) is 44.6 Å². The molecule has 74 valence electrons. The van der Waals surface area contributed by atoms with Crippen LogP contribution in [0.15, 0.2) is 24.8 Å². The van der Waals surface area contributed by atoms with E-state index in [2.05, 4.69) is 18.7 Å². The third kappa shape index (κ3) is 3.77. The van der Waals surface area contributed by atoms with E-state index < -0.39 is 5.60 Å². The maximum Gasteiger partial charge on any atom is 0.0797 e. The van der Waals surface area contributed by atoms with Crippen LogP contribution in [-0.2, 0) is 0 Å². The van der Waals surface area contributed by atoms with Gasteiger partial charge in [-0.3, -0.25) is 0 Å². The van der Waals surface area contributed by atoms with Gasteiger partial charge in [-0.2, -0.15) is 0 Å². The van der Waals surface area contributed by atoms with Gasteiger partial charge in [0.1, 0.15) is 0 Å². The maximum absolute atomic E-state index is 9.72. The Kier molecular flexibility index (Phi) is 3.73. The van der Waals surface area contributed by atoms with E-state index in [-0.39, 0.29) is 0 Å². The van der Waals surface area contributed by atoms with Crippen molar-refractivity contribution in [2.24, 2.45) is 5.92 Å². The summed E-state index contributed by atoms with van der Waals surface area (Å²) in [5, 5.41) is 9.72. The fraction of sp³-hybridized carbons (Fsp3) is 0.667. The summed E-state index contributed by atoms with van der Waals surface area (Å²) in [7, 11) is 0. The Labute approximate surface area is 81.2 Å². The molecule has 0 aromatic carbocycles. The zero-order valence-electron chi connectivity index (χ0n) is 8.50. The Morgan fingerprint density at radius 1 is 1.62 bits per heavy atom. The third-order valence-corrected chi connectivity index (χ3v) is 2.88. The fourth-order valence-corrected chi connectivity index (χ4v) is 1.72. The summed E-state index contributed by atoms with van der Waals surface area (Å²) in [4.78, 5) is 0. The van der Waals surface area contributed by atoms with Gasteiger partial charge in [0.05, 0.1) is 5.60 Å². The van der Waals surface area contributed by atoms with E-state index in [1.54, 1.807) is 6.08 Å². The van der Waals surface area contributed by atoms with Gasteiger partial charge >= 0.3 is 0 Å². The van der Waals surface area contributed by atoms with Gasteiger partial charge in [-0.05, 0) is 44.9 Å². The molecular formula is C12H20O. The van der Waals surface area contributed by atoms with Crippen LogP contribution in [0.3, 0.4) is 0 Å². The molecule has 0 aromatic rings. The number of hydrogen-bond acceptors (Lipinski definition) is 1. The van der Waals surface area contributed by atoms with E-state index in [1.165, 1.54) is 19.3 Å². The summed E-state index contributed by atoms with van der Waals surface area (Å²) in [5.74, 6) is 0.774. The predicted molar refractivity (Wildman–Crippen MR) is 56.5 cm³/mol. The molecule has 0 radical (unpaired) electrons. The van der Waals surface area contributed by atoms with Crippen molar-refractivity contribution in [2.75, 3.05) is 0 Å². The second-order valence-corrected chi connectivity index (χ2v) is 4.25. The largest absolute Gasteiger partial charge is 0.386 e. The third-order valence-electron chi connectivity index (χ3n) is 2.88. The van der Waals surface area contributed by atoms with Crippen molar-refractivity contribution in [3.8, 4) is 0 Å². The molecule has 1 rings (SSSR count). The highest BCUT2D eigenvalue weighted by molar-refractivity contribution is 4.94. The Morgan fingerprint density at radius 2 is 2.38 bits per heavy atom. The Balaban J connectivity index is 2.25. The Hall–Kier alpha value is -0.560. The minimum absolute atomic E-state index is 0.666. The lowest BCUT2D eigenvalue weighted by molar-refractivity contribution is 0.0930. The first-order valence-electron chi connectivity index (χ1n) is 5.15. The SMILES string of the molecule is C=CC(C)(O)CCC1CC=CCC1. The van der Waals surface area contributed by atoms with Gasteiger partial charge < -0.3 is 5.11 Å². The summed E-state index contributed by atoms with van der Waals surface area (Å²) in [6.07, 6.45) is 11.8. The normalized spacial score (nSPS) is 26.8. The molecule has 0 heterocycles. The minimum atomic E-state index is -0.666. The van der Waals surface area contributed by atoms with Crippen molar-refractivity contribution in [3.05, 3.63) is 24.8 Å². The van der Waals surface area contributed by atoms with Gasteiger partial charge in [0.25, 0.3) is 0 Å². The Morgan fingerprint density at radius 3 is 2.92 bits per heavy atom. The van der Waals surface area contributed by atoms with Crippen LogP contribution < -0.4 is 0 Å². The van der Waals surface area contributed by atoms with E-state index in [1.807, 2.05) is 6.92 Å². The molecular weight excluding hydrogens is 160 g/mol. The van der Waals surface area contributed by atoms with Crippen LogP contribution in [0.5, 0.6) is 0 Å². The van der Waals surface area contributed by atoms with Gasteiger partial charge in [-0.15, -0.1) is 6.58 Å². The maximum atomic E-state index is 9.72. The van der Waals surface area contributed by atoms with Crippen molar-refractivity contribution in [3.63, 3.8) is 0 Å². The van der Waals surface area contributed by atoms with Crippen LogP contribution in [0.4, 0.5) is 0 Å². The average molecular weight is 180 g/mol. The lowest BCUT2D eigenvalue weighted by Crippen LogP contribution is -2.21. The average Bonchev–Trinajstić information content (AvgIpc) is 2.17. The number of rotatable bonds is 4. The second kappa shape index (κ2) is 4.61. The molecule has 0 saturated carbocycles. The molecule has 13 heavy (non-hydrogen) atoms. The summed E-state index contributed by atoms with van der Waals surface area (Å²) < 4.78 is 0. The number of hydrogen-bond donors (Lipinski definition) is 1. The number of aliphatic hydroxyl groups is 1. The lowest BCUT2D eigenvalue weighted by Gasteiger charge is -2.23. The van der Waals surface area contributed by atoms with Crippen LogP contribution in [0.25, 0.3) is 0 Å². The monoisotopic (exact) mass is 180 g/mol. The van der Waals surface area contributed by atoms with Gasteiger partial charge in [0, 0.05) is 0 Å². The van der Waals surface area contributed by atoms with Crippen molar-refractivity contribution in [1.82, 2.24) is 0 Å². The van der Waals surface area contributed by atoms with Crippen LogP contribution in [-0.4, -0.2) is 10.7 Å². The summed E-state index contributed by atoms with van der Waals surface area (Å²) >= 11 is 0. The number of allylic oxidation sites excluding steroid dienone is 2. The Bertz CT molecular complexity index is 191. The van der Waals surface area contributed by atoms with Gasteiger partial charge in [0.15, 0.2) is 0 Å². The standard InChI is InChI=1S/C12H20O/c1-3-12(2,13)10-9-11-7-5-4-6-8-11/h3-5,11,13H,1,6-10H2,2H3. The molecule has 0 spiro atoms. The highest BCUT2D eigenvalue weighted by Crippen LogP contribution is 2.26. The summed E-state index contributed by atoms with van der Waals surface area (Å²) in [5.41, 5.74) is -0.666. The summed E-state index contributed by atoms with van der Waals surface area (Å²) in [6, 6.07) is 0. The first kappa shape index (κ1) is 10.5. The lowest BCUT2D eigenvalue weighted by atomic mass is 9.86. The summed E-state index contributed by atoms with van der Waals surface area (Å²) in [6.45, 7) is 5.46. The molecule has 2 atom stereocenters. The zero-order chi connectivity index (χ0) is 9.73. The molecule has 0 saturated heterocycles. The highest BCUT2D eigenvalue weighted by atomic mass is 16.3. The van der Waals surface area contributed by atoms with Crippen molar-refractivity contribution < 1.29 is 5.11 Å².